The van der Waals surface area contributed by atoms with E-state index in [4.69, 9.17) is 9.15 Å². The second kappa shape index (κ2) is 8.01. The third-order valence-corrected chi connectivity index (χ3v) is 4.32. The molecule has 3 aromatic rings. The van der Waals surface area contributed by atoms with Gasteiger partial charge in [0.05, 0.1) is 13.1 Å². The Morgan fingerprint density at radius 2 is 1.89 bits per heavy atom. The van der Waals surface area contributed by atoms with Crippen molar-refractivity contribution in [3.8, 4) is 17.2 Å². The molecule has 2 aromatic carbocycles. The summed E-state index contributed by atoms with van der Waals surface area (Å²) in [5.41, 5.74) is 1.94. The summed E-state index contributed by atoms with van der Waals surface area (Å²) in [5, 5.41) is 10.9. The Bertz CT molecular complexity index is 910. The van der Waals surface area contributed by atoms with Crippen molar-refractivity contribution in [3.05, 3.63) is 66.1 Å². The van der Waals surface area contributed by atoms with Crippen molar-refractivity contribution in [2.24, 2.45) is 0 Å². The minimum absolute atomic E-state index is 0.0890. The molecule has 0 atom stereocenters. The number of hydrogen-bond acceptors (Lipinski definition) is 6. The average molecular weight is 364 g/mol. The molecule has 0 radical (unpaired) electrons. The smallest absolute Gasteiger partial charge is 0.247 e. The van der Waals surface area contributed by atoms with Crippen LogP contribution in [0.3, 0.4) is 0 Å². The molecule has 2 heterocycles. The molecule has 138 valence electrons. The fraction of sp³-hybridized carbons (Fsp3) is 0.250. The fourth-order valence-electron chi connectivity index (χ4n) is 2.97. The van der Waals surface area contributed by atoms with Crippen LogP contribution >= 0.6 is 0 Å². The van der Waals surface area contributed by atoms with Gasteiger partial charge in [-0.2, -0.15) is 0 Å². The van der Waals surface area contributed by atoms with Crippen molar-refractivity contribution in [2.75, 3.05) is 19.7 Å². The van der Waals surface area contributed by atoms with Gasteiger partial charge < -0.3 is 14.5 Å². The molecule has 0 spiro atoms. The lowest BCUT2D eigenvalue weighted by molar-refractivity contribution is -0.122. The Balaban J connectivity index is 1.31. The number of aromatic nitrogens is 2. The molecule has 7 heteroatoms. The molecule has 0 saturated heterocycles. The number of nitrogens with zero attached hydrogens (tertiary/aromatic N) is 3. The molecule has 0 saturated carbocycles. The second-order valence-corrected chi connectivity index (χ2v) is 6.31. The first-order valence-electron chi connectivity index (χ1n) is 8.85. The molecule has 0 bridgehead atoms. The van der Waals surface area contributed by atoms with E-state index >= 15 is 0 Å². The van der Waals surface area contributed by atoms with Gasteiger partial charge in [-0.1, -0.05) is 36.4 Å². The maximum Gasteiger partial charge on any atom is 0.247 e. The number of hydrogen-bond donors (Lipinski definition) is 1. The van der Waals surface area contributed by atoms with Crippen molar-refractivity contribution in [2.45, 2.75) is 13.1 Å². The highest BCUT2D eigenvalue weighted by Gasteiger charge is 2.17. The van der Waals surface area contributed by atoms with E-state index in [1.54, 1.807) is 0 Å². The molecule has 1 aromatic heterocycles. The standard InChI is InChI=1S/C20H20N4O3/c25-18(14-24-10-11-26-17-9-5-4-8-16(17)13-24)21-12-19-22-23-20(27-19)15-6-2-1-3-7-15/h1-9H,10-14H2,(H,21,25). The molecular weight excluding hydrogens is 344 g/mol. The molecule has 4 rings (SSSR count). The van der Waals surface area contributed by atoms with E-state index in [9.17, 15) is 4.79 Å². The lowest BCUT2D eigenvalue weighted by atomic mass is 10.2. The molecule has 0 unspecified atom stereocenters. The summed E-state index contributed by atoms with van der Waals surface area (Å²) in [6.45, 7) is 2.44. The number of carbonyl (C=O) groups excluding carboxylic acids is 1. The van der Waals surface area contributed by atoms with Crippen LogP contribution in [0.1, 0.15) is 11.5 Å². The predicted molar refractivity (Wildman–Crippen MR) is 98.8 cm³/mol. The van der Waals surface area contributed by atoms with E-state index in [0.29, 0.717) is 31.5 Å². The topological polar surface area (TPSA) is 80.5 Å². The highest BCUT2D eigenvalue weighted by atomic mass is 16.5. The van der Waals surface area contributed by atoms with E-state index in [1.807, 2.05) is 54.6 Å². The number of nitrogens with one attached hydrogen (secondary N) is 1. The zero-order chi connectivity index (χ0) is 18.5. The summed E-state index contributed by atoms with van der Waals surface area (Å²) in [6.07, 6.45) is 0. The van der Waals surface area contributed by atoms with Gasteiger partial charge in [-0.3, -0.25) is 9.69 Å². The van der Waals surface area contributed by atoms with Gasteiger partial charge >= 0.3 is 0 Å². The first kappa shape index (κ1) is 17.2. The van der Waals surface area contributed by atoms with Crippen LogP contribution in [0.25, 0.3) is 11.5 Å². The normalized spacial score (nSPS) is 14.1. The molecule has 27 heavy (non-hydrogen) atoms. The summed E-state index contributed by atoms with van der Waals surface area (Å²) in [5.74, 6) is 1.63. The van der Waals surface area contributed by atoms with Crippen LogP contribution in [0.15, 0.2) is 59.0 Å². The lowest BCUT2D eigenvalue weighted by Crippen LogP contribution is -2.37. The summed E-state index contributed by atoms with van der Waals surface area (Å²) >= 11 is 0. The largest absolute Gasteiger partial charge is 0.492 e. The zero-order valence-corrected chi connectivity index (χ0v) is 14.8. The molecule has 0 fully saturated rings. The lowest BCUT2D eigenvalue weighted by Gasteiger charge is -2.18. The highest BCUT2D eigenvalue weighted by Crippen LogP contribution is 2.22. The Labute approximate surface area is 157 Å². The van der Waals surface area contributed by atoms with Crippen molar-refractivity contribution in [1.82, 2.24) is 20.4 Å². The molecule has 7 nitrogen and oxygen atoms in total. The van der Waals surface area contributed by atoms with Gasteiger partial charge in [0.25, 0.3) is 0 Å². The van der Waals surface area contributed by atoms with Crippen LogP contribution in [0.2, 0.25) is 0 Å². The van der Waals surface area contributed by atoms with Gasteiger partial charge in [-0.25, -0.2) is 0 Å². The van der Waals surface area contributed by atoms with Crippen LogP contribution in [-0.4, -0.2) is 40.7 Å². The summed E-state index contributed by atoms with van der Waals surface area (Å²) in [7, 11) is 0. The van der Waals surface area contributed by atoms with E-state index in [1.165, 1.54) is 0 Å². The van der Waals surface area contributed by atoms with Crippen LogP contribution in [0, 0.1) is 0 Å². The first-order valence-corrected chi connectivity index (χ1v) is 8.85. The number of para-hydroxylation sites is 1. The van der Waals surface area contributed by atoms with Gasteiger partial charge in [0.2, 0.25) is 17.7 Å². The molecule has 1 aliphatic heterocycles. The summed E-state index contributed by atoms with van der Waals surface area (Å²) in [4.78, 5) is 14.4. The van der Waals surface area contributed by atoms with Crippen LogP contribution in [-0.2, 0) is 17.9 Å². The zero-order valence-electron chi connectivity index (χ0n) is 14.8. The van der Waals surface area contributed by atoms with Crippen molar-refractivity contribution < 1.29 is 13.9 Å². The van der Waals surface area contributed by atoms with Gasteiger partial charge in [0.15, 0.2) is 0 Å². The quantitative estimate of drug-likeness (QED) is 0.748. The van der Waals surface area contributed by atoms with E-state index < -0.39 is 0 Å². The van der Waals surface area contributed by atoms with Crippen molar-refractivity contribution >= 4 is 5.91 Å². The Morgan fingerprint density at radius 1 is 1.07 bits per heavy atom. The van der Waals surface area contributed by atoms with Crippen LogP contribution in [0.4, 0.5) is 0 Å². The van der Waals surface area contributed by atoms with Crippen LogP contribution in [0.5, 0.6) is 5.75 Å². The Hall–Kier alpha value is -3.19. The SMILES string of the molecule is O=C(CN1CCOc2ccccc2C1)NCc1nnc(-c2ccccc2)o1. The molecule has 1 N–H and O–H groups in total. The van der Waals surface area contributed by atoms with E-state index in [0.717, 1.165) is 16.9 Å². The Morgan fingerprint density at radius 3 is 2.78 bits per heavy atom. The minimum atomic E-state index is -0.0890. The molecular formula is C20H20N4O3. The minimum Gasteiger partial charge on any atom is -0.492 e. The number of amides is 1. The maximum absolute atomic E-state index is 12.3. The molecule has 0 aliphatic carbocycles. The third-order valence-electron chi connectivity index (χ3n) is 4.32. The van der Waals surface area contributed by atoms with E-state index in [2.05, 4.69) is 20.4 Å². The number of rotatable bonds is 5. The van der Waals surface area contributed by atoms with Gasteiger partial charge in [-0.05, 0) is 18.2 Å². The average Bonchev–Trinajstić information content (AvgIpc) is 3.08. The van der Waals surface area contributed by atoms with Gasteiger partial charge in [0, 0.05) is 24.2 Å². The molecule has 1 amide bonds. The number of ether oxygens (including phenoxy) is 1. The summed E-state index contributed by atoms with van der Waals surface area (Å²) < 4.78 is 11.3. The Kier molecular flexibility index (Phi) is 5.11. The van der Waals surface area contributed by atoms with E-state index in [-0.39, 0.29) is 19.0 Å². The first-order chi connectivity index (χ1) is 13.3. The van der Waals surface area contributed by atoms with Gasteiger partial charge in [-0.15, -0.1) is 10.2 Å². The summed E-state index contributed by atoms with van der Waals surface area (Å²) in [6, 6.07) is 17.4. The second-order valence-electron chi connectivity index (χ2n) is 6.31. The number of benzene rings is 2. The third kappa shape index (κ3) is 4.32. The van der Waals surface area contributed by atoms with Gasteiger partial charge in [0.1, 0.15) is 12.4 Å². The maximum atomic E-state index is 12.3. The fourth-order valence-corrected chi connectivity index (χ4v) is 2.97. The van der Waals surface area contributed by atoms with Crippen LogP contribution < -0.4 is 10.1 Å². The van der Waals surface area contributed by atoms with Crippen molar-refractivity contribution in [3.63, 3.8) is 0 Å². The molecule has 1 aliphatic rings. The van der Waals surface area contributed by atoms with Crippen molar-refractivity contribution in [1.29, 1.82) is 0 Å². The monoisotopic (exact) mass is 364 g/mol. The highest BCUT2D eigenvalue weighted by molar-refractivity contribution is 5.77. The predicted octanol–water partition coefficient (Wildman–Crippen LogP) is 2.25. The number of fused-ring (bicyclic) bond motifs is 1. The number of carbonyl (C=O) groups is 1.